The lowest BCUT2D eigenvalue weighted by Gasteiger charge is -2.12. The van der Waals surface area contributed by atoms with Gasteiger partial charge in [-0.25, -0.2) is 4.39 Å². The summed E-state index contributed by atoms with van der Waals surface area (Å²) in [6, 6.07) is 12.9. The second-order valence-electron chi connectivity index (χ2n) is 4.95. The Labute approximate surface area is 150 Å². The first kappa shape index (κ1) is 18.5. The van der Waals surface area contributed by atoms with Gasteiger partial charge in [0.15, 0.2) is 11.7 Å². The molecule has 0 atom stereocenters. The van der Waals surface area contributed by atoms with E-state index in [0.717, 1.165) is 5.56 Å². The van der Waals surface area contributed by atoms with E-state index < -0.39 is 0 Å². The van der Waals surface area contributed by atoms with E-state index in [-0.39, 0.29) is 23.4 Å². The Morgan fingerprint density at radius 1 is 1.04 bits per heavy atom. The minimum absolute atomic E-state index is 0.167. The summed E-state index contributed by atoms with van der Waals surface area (Å²) in [5, 5.41) is 3.13. The molecule has 6 nitrogen and oxygen atoms in total. The Balaban J connectivity index is 1.64. The number of carbonyl (C=O) groups excluding carboxylic acids is 1. The summed E-state index contributed by atoms with van der Waals surface area (Å²) in [5.41, 5.74) is 5.84. The van der Waals surface area contributed by atoms with Gasteiger partial charge < -0.3 is 14.8 Å². The van der Waals surface area contributed by atoms with Crippen LogP contribution in [-0.2, 0) is 11.3 Å². The van der Waals surface area contributed by atoms with Gasteiger partial charge in [0.1, 0.15) is 17.3 Å². The summed E-state index contributed by atoms with van der Waals surface area (Å²) in [6.07, 6.45) is 0. The average molecular weight is 363 g/mol. The second-order valence-corrected chi connectivity index (χ2v) is 5.35. The van der Waals surface area contributed by atoms with Crippen LogP contribution < -0.4 is 25.6 Å². The molecule has 0 fully saturated rings. The Morgan fingerprint density at radius 2 is 1.68 bits per heavy atom. The van der Waals surface area contributed by atoms with Crippen molar-refractivity contribution in [3.05, 3.63) is 59.9 Å². The maximum atomic E-state index is 12.8. The Morgan fingerprint density at radius 3 is 2.32 bits per heavy atom. The van der Waals surface area contributed by atoms with E-state index in [0.29, 0.717) is 18.0 Å². The van der Waals surface area contributed by atoms with Crippen LogP contribution in [0.3, 0.4) is 0 Å². The molecule has 0 unspecified atom stereocenters. The molecule has 2 rings (SSSR count). The van der Waals surface area contributed by atoms with Crippen molar-refractivity contribution in [3.8, 4) is 11.5 Å². The molecule has 0 saturated heterocycles. The van der Waals surface area contributed by atoms with Crippen molar-refractivity contribution in [2.75, 3.05) is 13.7 Å². The number of hydrogen-bond acceptors (Lipinski definition) is 4. The van der Waals surface area contributed by atoms with Crippen LogP contribution in [0.1, 0.15) is 5.56 Å². The number of carbonyl (C=O) groups is 1. The number of rotatable bonds is 6. The Hall–Kier alpha value is -2.87. The fourth-order valence-electron chi connectivity index (χ4n) is 1.81. The van der Waals surface area contributed by atoms with Crippen molar-refractivity contribution in [1.29, 1.82) is 0 Å². The third-order valence-corrected chi connectivity index (χ3v) is 3.36. The molecule has 1 amide bonds. The molecule has 0 aromatic heterocycles. The lowest BCUT2D eigenvalue weighted by molar-refractivity contribution is -0.123. The lowest BCUT2D eigenvalue weighted by Crippen LogP contribution is -2.48. The fraction of sp³-hybridized carbons (Fsp3) is 0.176. The summed E-state index contributed by atoms with van der Waals surface area (Å²) >= 11 is 5.04. The van der Waals surface area contributed by atoms with Crippen molar-refractivity contribution < 1.29 is 18.7 Å². The third kappa shape index (κ3) is 6.64. The summed E-state index contributed by atoms with van der Waals surface area (Å²) < 4.78 is 23.2. The highest BCUT2D eigenvalue weighted by Gasteiger charge is 2.04. The molecule has 132 valence electrons. The lowest BCUT2D eigenvalue weighted by atomic mass is 10.2. The summed E-state index contributed by atoms with van der Waals surface area (Å²) in [6.45, 7) is 0.240. The molecule has 0 bridgehead atoms. The third-order valence-electron chi connectivity index (χ3n) is 3.11. The quantitative estimate of drug-likeness (QED) is 0.538. The zero-order valence-electron chi connectivity index (χ0n) is 13.5. The van der Waals surface area contributed by atoms with Crippen LogP contribution in [0.5, 0.6) is 11.5 Å². The van der Waals surface area contributed by atoms with Gasteiger partial charge in [-0.3, -0.25) is 15.6 Å². The number of hydrogen-bond donors (Lipinski definition) is 3. The molecule has 0 saturated carbocycles. The molecule has 2 aromatic rings. The van der Waals surface area contributed by atoms with E-state index >= 15 is 0 Å². The largest absolute Gasteiger partial charge is 0.497 e. The van der Waals surface area contributed by atoms with Gasteiger partial charge in [-0.2, -0.15) is 0 Å². The van der Waals surface area contributed by atoms with Crippen molar-refractivity contribution in [2.24, 2.45) is 0 Å². The number of benzene rings is 2. The topological polar surface area (TPSA) is 71.6 Å². The first-order valence-electron chi connectivity index (χ1n) is 7.41. The SMILES string of the molecule is COc1ccc(OCC(=O)NNC(=S)NCc2ccc(F)cc2)cc1. The molecule has 0 aliphatic carbocycles. The highest BCUT2D eigenvalue weighted by molar-refractivity contribution is 7.80. The maximum Gasteiger partial charge on any atom is 0.276 e. The van der Waals surface area contributed by atoms with E-state index in [4.69, 9.17) is 21.7 Å². The van der Waals surface area contributed by atoms with Gasteiger partial charge >= 0.3 is 0 Å². The van der Waals surface area contributed by atoms with Crippen molar-refractivity contribution in [3.63, 3.8) is 0 Å². The number of hydrazine groups is 1. The van der Waals surface area contributed by atoms with E-state index in [9.17, 15) is 9.18 Å². The summed E-state index contributed by atoms with van der Waals surface area (Å²) in [5.74, 6) is 0.569. The maximum absolute atomic E-state index is 12.8. The standard InChI is InChI=1S/C17H18FN3O3S/c1-23-14-6-8-15(9-7-14)24-11-16(22)20-21-17(25)19-10-12-2-4-13(18)5-3-12/h2-9H,10-11H2,1H3,(H,20,22)(H2,19,21,25). The minimum Gasteiger partial charge on any atom is -0.497 e. The first-order valence-corrected chi connectivity index (χ1v) is 7.81. The van der Waals surface area contributed by atoms with Crippen LogP contribution in [0.4, 0.5) is 4.39 Å². The first-order chi connectivity index (χ1) is 12.1. The molecule has 2 aromatic carbocycles. The number of ether oxygens (including phenoxy) is 2. The van der Waals surface area contributed by atoms with E-state index in [2.05, 4.69) is 16.2 Å². The van der Waals surface area contributed by atoms with Gasteiger partial charge in [-0.15, -0.1) is 0 Å². The Kier molecular flexibility index (Phi) is 6.97. The monoisotopic (exact) mass is 363 g/mol. The molecule has 0 heterocycles. The van der Waals surface area contributed by atoms with Crippen LogP contribution in [0.15, 0.2) is 48.5 Å². The summed E-state index contributed by atoms with van der Waals surface area (Å²) in [7, 11) is 1.57. The zero-order chi connectivity index (χ0) is 18.1. The molecule has 3 N–H and O–H groups in total. The van der Waals surface area contributed by atoms with Crippen molar-refractivity contribution in [2.45, 2.75) is 6.54 Å². The highest BCUT2D eigenvalue weighted by Crippen LogP contribution is 2.16. The normalized spacial score (nSPS) is 9.84. The van der Waals surface area contributed by atoms with Crippen LogP contribution in [0.2, 0.25) is 0 Å². The number of nitrogens with one attached hydrogen (secondary N) is 3. The molecular formula is C17H18FN3O3S. The number of halogens is 1. The number of amides is 1. The van der Waals surface area contributed by atoms with Gasteiger partial charge in [0, 0.05) is 6.54 Å². The number of methoxy groups -OCH3 is 1. The van der Waals surface area contributed by atoms with Crippen LogP contribution in [0.25, 0.3) is 0 Å². The van der Waals surface area contributed by atoms with E-state index in [1.54, 1.807) is 43.5 Å². The van der Waals surface area contributed by atoms with E-state index in [1.165, 1.54) is 12.1 Å². The Bertz CT molecular complexity index is 708. The van der Waals surface area contributed by atoms with Gasteiger partial charge in [-0.05, 0) is 54.2 Å². The fourth-order valence-corrected chi connectivity index (χ4v) is 1.94. The van der Waals surface area contributed by atoms with Gasteiger partial charge in [0.2, 0.25) is 0 Å². The molecular weight excluding hydrogens is 345 g/mol. The van der Waals surface area contributed by atoms with E-state index in [1.807, 2.05) is 0 Å². The van der Waals surface area contributed by atoms with Crippen LogP contribution >= 0.6 is 12.2 Å². The molecule has 0 spiro atoms. The molecule has 0 radical (unpaired) electrons. The second kappa shape index (κ2) is 9.43. The van der Waals surface area contributed by atoms with Crippen LogP contribution in [-0.4, -0.2) is 24.7 Å². The summed E-state index contributed by atoms with van der Waals surface area (Å²) in [4.78, 5) is 11.7. The van der Waals surface area contributed by atoms with Crippen LogP contribution in [0, 0.1) is 5.82 Å². The average Bonchev–Trinajstić information content (AvgIpc) is 2.64. The zero-order valence-corrected chi connectivity index (χ0v) is 14.4. The van der Waals surface area contributed by atoms with Gasteiger partial charge in [0.25, 0.3) is 5.91 Å². The molecule has 25 heavy (non-hydrogen) atoms. The predicted octanol–water partition coefficient (Wildman–Crippen LogP) is 1.91. The highest BCUT2D eigenvalue weighted by atomic mass is 32.1. The molecule has 0 aliphatic heterocycles. The predicted molar refractivity (Wildman–Crippen MR) is 95.6 cm³/mol. The van der Waals surface area contributed by atoms with Crippen molar-refractivity contribution in [1.82, 2.24) is 16.2 Å². The molecule has 0 aliphatic rings. The van der Waals surface area contributed by atoms with Crippen molar-refractivity contribution >= 4 is 23.2 Å². The van der Waals surface area contributed by atoms with Gasteiger partial charge in [-0.1, -0.05) is 12.1 Å². The minimum atomic E-state index is -0.387. The molecule has 8 heteroatoms. The smallest absolute Gasteiger partial charge is 0.276 e. The number of thiocarbonyl (C=S) groups is 1. The van der Waals surface area contributed by atoms with Gasteiger partial charge in [0.05, 0.1) is 7.11 Å².